The number of carbonyl (C=O) groups excluding carboxylic acids is 1. The molecule has 4 nitrogen and oxygen atoms in total. The van der Waals surface area contributed by atoms with Gasteiger partial charge in [-0.15, -0.1) is 0 Å². The van der Waals surface area contributed by atoms with Gasteiger partial charge in [0.1, 0.15) is 5.82 Å². The number of aliphatic hydroxyl groups excluding tert-OH is 1. The molecule has 0 aromatic heterocycles. The van der Waals surface area contributed by atoms with Crippen LogP contribution in [0, 0.1) is 5.82 Å². The van der Waals surface area contributed by atoms with Crippen LogP contribution in [-0.2, 0) is 11.4 Å². The molecule has 1 rings (SSSR count). The van der Waals surface area contributed by atoms with Crippen molar-refractivity contribution in [3.8, 4) is 0 Å². The summed E-state index contributed by atoms with van der Waals surface area (Å²) in [5, 5.41) is 11.1. The van der Waals surface area contributed by atoms with Gasteiger partial charge >= 0.3 is 0 Å². The second-order valence-corrected chi connectivity index (χ2v) is 3.25. The number of halogens is 1. The predicted octanol–water partition coefficient (Wildman–Crippen LogP) is 0.604. The summed E-state index contributed by atoms with van der Waals surface area (Å²) in [5.74, 6) is -1.04. The molecule has 0 fully saturated rings. The summed E-state index contributed by atoms with van der Waals surface area (Å²) < 4.78 is 13.3. The fourth-order valence-electron chi connectivity index (χ4n) is 1.00. The molecule has 0 unspecified atom stereocenters. The van der Waals surface area contributed by atoms with Crippen molar-refractivity contribution in [2.24, 2.45) is 5.73 Å². The van der Waals surface area contributed by atoms with E-state index in [2.05, 4.69) is 5.32 Å². The number of rotatable bonds is 3. The van der Waals surface area contributed by atoms with Crippen molar-refractivity contribution in [1.82, 2.24) is 0 Å². The highest BCUT2D eigenvalue weighted by Crippen LogP contribution is 2.15. The van der Waals surface area contributed by atoms with Crippen LogP contribution in [0.15, 0.2) is 18.2 Å². The van der Waals surface area contributed by atoms with Gasteiger partial charge in [-0.2, -0.15) is 0 Å². The highest BCUT2D eigenvalue weighted by atomic mass is 19.1. The molecule has 5 heteroatoms. The van der Waals surface area contributed by atoms with Crippen molar-refractivity contribution in [2.75, 3.05) is 5.32 Å². The lowest BCUT2D eigenvalue weighted by molar-refractivity contribution is -0.117. The quantitative estimate of drug-likeness (QED) is 0.687. The van der Waals surface area contributed by atoms with Crippen molar-refractivity contribution >= 4 is 11.6 Å². The number of carbonyl (C=O) groups is 1. The zero-order chi connectivity index (χ0) is 11.4. The zero-order valence-corrected chi connectivity index (χ0v) is 8.33. The molecule has 82 valence electrons. The first-order valence-electron chi connectivity index (χ1n) is 4.50. The van der Waals surface area contributed by atoms with Gasteiger partial charge in [0.25, 0.3) is 0 Å². The van der Waals surface area contributed by atoms with E-state index in [-0.39, 0.29) is 12.3 Å². The smallest absolute Gasteiger partial charge is 0.241 e. The summed E-state index contributed by atoms with van der Waals surface area (Å²) >= 11 is 0. The maximum absolute atomic E-state index is 13.3. The first-order valence-corrected chi connectivity index (χ1v) is 4.50. The minimum atomic E-state index is -0.693. The third-order valence-electron chi connectivity index (χ3n) is 1.89. The number of hydrogen-bond acceptors (Lipinski definition) is 3. The molecular weight excluding hydrogens is 199 g/mol. The number of benzene rings is 1. The second-order valence-electron chi connectivity index (χ2n) is 3.25. The normalized spacial score (nSPS) is 12.3. The number of hydrogen-bond donors (Lipinski definition) is 3. The van der Waals surface area contributed by atoms with E-state index in [0.717, 1.165) is 6.07 Å². The molecule has 15 heavy (non-hydrogen) atoms. The fraction of sp³-hybridized carbons (Fsp3) is 0.300. The Balaban J connectivity index is 2.83. The van der Waals surface area contributed by atoms with Gasteiger partial charge in [-0.1, -0.05) is 6.07 Å². The number of amides is 1. The lowest BCUT2D eigenvalue weighted by Crippen LogP contribution is -2.32. The van der Waals surface area contributed by atoms with Crippen LogP contribution in [0.3, 0.4) is 0 Å². The van der Waals surface area contributed by atoms with Crippen molar-refractivity contribution in [2.45, 2.75) is 19.6 Å². The standard InChI is InChI=1S/C10H13FN2O2/c1-6(12)10(15)13-9-3-2-7(5-14)4-8(9)11/h2-4,6,14H,5,12H2,1H3,(H,13,15)/t6-/m0/s1. The van der Waals surface area contributed by atoms with Crippen LogP contribution < -0.4 is 11.1 Å². The van der Waals surface area contributed by atoms with Gasteiger partial charge in [0, 0.05) is 0 Å². The van der Waals surface area contributed by atoms with Crippen LogP contribution in [0.5, 0.6) is 0 Å². The summed E-state index contributed by atoms with van der Waals surface area (Å²) in [7, 11) is 0. The summed E-state index contributed by atoms with van der Waals surface area (Å²) in [6.07, 6.45) is 0. The van der Waals surface area contributed by atoms with Gasteiger partial charge in [0.05, 0.1) is 18.3 Å². The summed E-state index contributed by atoms with van der Waals surface area (Å²) in [5.41, 5.74) is 5.83. The predicted molar refractivity (Wildman–Crippen MR) is 54.6 cm³/mol. The molecular formula is C10H13FN2O2. The van der Waals surface area contributed by atoms with E-state index in [4.69, 9.17) is 10.8 Å². The first-order chi connectivity index (χ1) is 7.04. The Morgan fingerprint density at radius 3 is 2.80 bits per heavy atom. The van der Waals surface area contributed by atoms with Crippen LogP contribution in [-0.4, -0.2) is 17.1 Å². The van der Waals surface area contributed by atoms with Gasteiger partial charge in [0.15, 0.2) is 0 Å². The maximum Gasteiger partial charge on any atom is 0.241 e. The Labute approximate surface area is 86.9 Å². The molecule has 0 heterocycles. The van der Waals surface area contributed by atoms with Crippen LogP contribution in [0.2, 0.25) is 0 Å². The Morgan fingerprint density at radius 2 is 2.33 bits per heavy atom. The number of nitrogens with two attached hydrogens (primary N) is 1. The van der Waals surface area contributed by atoms with Crippen LogP contribution in [0.1, 0.15) is 12.5 Å². The van der Waals surface area contributed by atoms with Crippen molar-refractivity contribution in [1.29, 1.82) is 0 Å². The molecule has 0 bridgehead atoms. The van der Waals surface area contributed by atoms with Crippen LogP contribution in [0.4, 0.5) is 10.1 Å². The summed E-state index contributed by atoms with van der Waals surface area (Å²) in [6.45, 7) is 1.27. The molecule has 0 aliphatic rings. The lowest BCUT2D eigenvalue weighted by atomic mass is 10.2. The molecule has 0 saturated heterocycles. The van der Waals surface area contributed by atoms with E-state index >= 15 is 0 Å². The molecule has 4 N–H and O–H groups in total. The summed E-state index contributed by atoms with van der Waals surface area (Å²) in [6, 6.07) is 3.39. The third-order valence-corrected chi connectivity index (χ3v) is 1.89. The van der Waals surface area contributed by atoms with Crippen molar-refractivity contribution in [3.05, 3.63) is 29.6 Å². The molecule has 0 radical (unpaired) electrons. The van der Waals surface area contributed by atoms with E-state index in [1.807, 2.05) is 0 Å². The van der Waals surface area contributed by atoms with Crippen molar-refractivity contribution in [3.63, 3.8) is 0 Å². The molecule has 1 atom stereocenters. The maximum atomic E-state index is 13.3. The Morgan fingerprint density at radius 1 is 1.67 bits per heavy atom. The zero-order valence-electron chi connectivity index (χ0n) is 8.33. The molecule has 0 spiro atoms. The minimum absolute atomic E-state index is 0.0644. The topological polar surface area (TPSA) is 75.4 Å². The van der Waals surface area contributed by atoms with Gasteiger partial charge in [-0.25, -0.2) is 4.39 Å². The van der Waals surface area contributed by atoms with Crippen LogP contribution >= 0.6 is 0 Å². The van der Waals surface area contributed by atoms with Crippen LogP contribution in [0.25, 0.3) is 0 Å². The number of nitrogens with one attached hydrogen (secondary N) is 1. The van der Waals surface area contributed by atoms with Gasteiger partial charge in [-0.3, -0.25) is 4.79 Å². The molecule has 0 saturated carbocycles. The average molecular weight is 212 g/mol. The van der Waals surface area contributed by atoms with E-state index in [9.17, 15) is 9.18 Å². The molecule has 1 aromatic rings. The van der Waals surface area contributed by atoms with E-state index in [0.29, 0.717) is 5.56 Å². The van der Waals surface area contributed by atoms with Crippen molar-refractivity contribution < 1.29 is 14.3 Å². The number of anilines is 1. The number of aliphatic hydroxyl groups is 1. The molecule has 0 aliphatic heterocycles. The lowest BCUT2D eigenvalue weighted by Gasteiger charge is -2.09. The van der Waals surface area contributed by atoms with Gasteiger partial charge in [0.2, 0.25) is 5.91 Å². The summed E-state index contributed by atoms with van der Waals surface area (Å²) in [4.78, 5) is 11.2. The van der Waals surface area contributed by atoms with Gasteiger partial charge < -0.3 is 16.2 Å². The Kier molecular flexibility index (Phi) is 3.76. The van der Waals surface area contributed by atoms with E-state index in [1.54, 1.807) is 0 Å². The van der Waals surface area contributed by atoms with Gasteiger partial charge in [-0.05, 0) is 24.6 Å². The molecule has 1 amide bonds. The first kappa shape index (κ1) is 11.6. The molecule has 1 aromatic carbocycles. The average Bonchev–Trinajstić information content (AvgIpc) is 2.20. The SMILES string of the molecule is C[C@H](N)C(=O)Nc1ccc(CO)cc1F. The highest BCUT2D eigenvalue weighted by molar-refractivity contribution is 5.94. The van der Waals surface area contributed by atoms with E-state index < -0.39 is 17.8 Å². The minimum Gasteiger partial charge on any atom is -0.392 e. The fourth-order valence-corrected chi connectivity index (χ4v) is 1.00. The second kappa shape index (κ2) is 4.86. The highest BCUT2D eigenvalue weighted by Gasteiger charge is 2.10. The monoisotopic (exact) mass is 212 g/mol. The van der Waals surface area contributed by atoms with E-state index in [1.165, 1.54) is 19.1 Å². The third kappa shape index (κ3) is 3.00. The Bertz CT molecular complexity index is 366. The Hall–Kier alpha value is -1.46. The largest absolute Gasteiger partial charge is 0.392 e. The molecule has 0 aliphatic carbocycles.